The van der Waals surface area contributed by atoms with Gasteiger partial charge in [0.15, 0.2) is 0 Å². The van der Waals surface area contributed by atoms with Crippen LogP contribution in [0, 0.1) is 5.92 Å². The number of phenolic OH excluding ortho intramolecular Hbond substituents is 2. The largest absolute Gasteiger partial charge is 0.508 e. The van der Waals surface area contributed by atoms with Crippen LogP contribution >= 0.6 is 0 Å². The summed E-state index contributed by atoms with van der Waals surface area (Å²) in [6.07, 6.45) is -0.520. The summed E-state index contributed by atoms with van der Waals surface area (Å²) in [4.78, 5) is 11.5. The molecule has 1 aliphatic rings. The van der Waals surface area contributed by atoms with E-state index in [1.807, 2.05) is 18.2 Å². The lowest BCUT2D eigenvalue weighted by Crippen LogP contribution is -2.36. The van der Waals surface area contributed by atoms with E-state index in [1.54, 1.807) is 24.3 Å². The van der Waals surface area contributed by atoms with Crippen molar-refractivity contribution in [2.45, 2.75) is 101 Å². The number of rotatable bonds is 16. The predicted octanol–water partition coefficient (Wildman–Crippen LogP) is 8.94. The summed E-state index contributed by atoms with van der Waals surface area (Å²) in [5.74, 6) is -5.18. The number of alkyl halides is 5. The van der Waals surface area contributed by atoms with E-state index in [-0.39, 0.29) is 42.6 Å². The summed E-state index contributed by atoms with van der Waals surface area (Å²) >= 11 is 0. The number of aromatic hydroxyl groups is 2. The van der Waals surface area contributed by atoms with Gasteiger partial charge in [-0.3, -0.25) is 4.79 Å². The van der Waals surface area contributed by atoms with Crippen molar-refractivity contribution < 1.29 is 46.8 Å². The van der Waals surface area contributed by atoms with E-state index < -0.39 is 30.4 Å². The molecule has 3 rings (SSSR count). The minimum Gasteiger partial charge on any atom is -0.508 e. The number of phenols is 2. The first-order valence-electron chi connectivity index (χ1n) is 14.3. The van der Waals surface area contributed by atoms with Gasteiger partial charge in [-0.25, -0.2) is 0 Å². The Morgan fingerprint density at radius 1 is 0.829 bits per heavy atom. The number of halogens is 5. The van der Waals surface area contributed by atoms with Crippen molar-refractivity contribution in [3.8, 4) is 17.2 Å². The van der Waals surface area contributed by atoms with Gasteiger partial charge < -0.3 is 20.1 Å². The van der Waals surface area contributed by atoms with Gasteiger partial charge in [0.05, 0.1) is 12.5 Å². The lowest BCUT2D eigenvalue weighted by molar-refractivity contribution is -0.284. The number of aliphatic carboxylic acids is 1. The minimum atomic E-state index is -5.58. The summed E-state index contributed by atoms with van der Waals surface area (Å²) in [5.41, 5.74) is 2.13. The van der Waals surface area contributed by atoms with E-state index in [0.29, 0.717) is 25.2 Å². The molecule has 10 heteroatoms. The Hall–Kier alpha value is -3.04. The molecule has 2 aromatic carbocycles. The lowest BCUT2D eigenvalue weighted by atomic mass is 9.77. The Bertz CT molecular complexity index is 1100. The highest BCUT2D eigenvalue weighted by atomic mass is 19.4. The highest BCUT2D eigenvalue weighted by Crippen LogP contribution is 2.46. The molecule has 3 N–H and O–H groups in total. The Balaban J connectivity index is 1.39. The molecule has 5 nitrogen and oxygen atoms in total. The fraction of sp³-hybridized carbons (Fsp3) is 0.581. The average Bonchev–Trinajstić information content (AvgIpc) is 2.90. The first-order valence-corrected chi connectivity index (χ1v) is 14.3. The maximum Gasteiger partial charge on any atom is 0.453 e. The third-order valence-electron chi connectivity index (χ3n) is 8.00. The molecule has 41 heavy (non-hydrogen) atoms. The fourth-order valence-electron chi connectivity index (χ4n) is 5.61. The Morgan fingerprint density at radius 3 is 2.05 bits per heavy atom. The van der Waals surface area contributed by atoms with Gasteiger partial charge in [0.1, 0.15) is 17.2 Å². The normalized spacial score (nSPS) is 18.0. The van der Waals surface area contributed by atoms with Crippen molar-refractivity contribution in [3.05, 3.63) is 53.6 Å². The summed E-state index contributed by atoms with van der Waals surface area (Å²) in [6, 6.07) is 12.4. The maximum atomic E-state index is 13.0. The number of carboxylic acid groups (broad SMARTS) is 1. The van der Waals surface area contributed by atoms with Crippen molar-refractivity contribution in [1.82, 2.24) is 0 Å². The highest BCUT2D eigenvalue weighted by molar-refractivity contribution is 5.69. The number of hydrogen-bond donors (Lipinski definition) is 3. The SMILES string of the molecule is O=C(O)C(CCCCCCCCC1c2ccc(O)cc2OCC1c1ccc(O)cc1)CCCCC(F)(F)C(F)(F)F. The molecule has 2 aromatic rings. The van der Waals surface area contributed by atoms with Gasteiger partial charge >= 0.3 is 18.1 Å². The van der Waals surface area contributed by atoms with E-state index in [4.69, 9.17) is 4.74 Å². The van der Waals surface area contributed by atoms with E-state index in [1.165, 1.54) is 0 Å². The smallest absolute Gasteiger partial charge is 0.453 e. The van der Waals surface area contributed by atoms with E-state index in [9.17, 15) is 42.1 Å². The van der Waals surface area contributed by atoms with Gasteiger partial charge in [-0.05, 0) is 60.9 Å². The number of hydrogen-bond acceptors (Lipinski definition) is 4. The van der Waals surface area contributed by atoms with Crippen LogP contribution in [0.4, 0.5) is 22.0 Å². The van der Waals surface area contributed by atoms with Crippen LogP contribution in [0.1, 0.15) is 100 Å². The molecule has 0 saturated carbocycles. The zero-order chi connectivity index (χ0) is 30.0. The van der Waals surface area contributed by atoms with Crippen molar-refractivity contribution >= 4 is 5.97 Å². The summed E-state index contributed by atoms with van der Waals surface area (Å²) in [5, 5.41) is 29.0. The zero-order valence-corrected chi connectivity index (χ0v) is 23.0. The van der Waals surface area contributed by atoms with Crippen molar-refractivity contribution in [3.63, 3.8) is 0 Å². The highest BCUT2D eigenvalue weighted by Gasteiger charge is 2.56. The van der Waals surface area contributed by atoms with E-state index in [0.717, 1.165) is 49.7 Å². The van der Waals surface area contributed by atoms with Crippen LogP contribution in [-0.4, -0.2) is 40.0 Å². The van der Waals surface area contributed by atoms with Crippen LogP contribution in [0.3, 0.4) is 0 Å². The topological polar surface area (TPSA) is 87.0 Å². The summed E-state index contributed by atoms with van der Waals surface area (Å²) in [6.45, 7) is 0.474. The Morgan fingerprint density at radius 2 is 1.41 bits per heavy atom. The van der Waals surface area contributed by atoms with Crippen LogP contribution in [0.5, 0.6) is 17.2 Å². The molecule has 0 saturated heterocycles. The van der Waals surface area contributed by atoms with Crippen LogP contribution < -0.4 is 4.74 Å². The van der Waals surface area contributed by atoms with Crippen LogP contribution in [0.15, 0.2) is 42.5 Å². The molecule has 0 fully saturated rings. The van der Waals surface area contributed by atoms with Crippen molar-refractivity contribution in [2.24, 2.45) is 5.92 Å². The van der Waals surface area contributed by atoms with Gasteiger partial charge in [0.2, 0.25) is 0 Å². The molecule has 0 bridgehead atoms. The Kier molecular flexibility index (Phi) is 11.7. The first kappa shape index (κ1) is 32.5. The molecule has 0 aliphatic carbocycles. The van der Waals surface area contributed by atoms with Gasteiger partial charge in [0, 0.05) is 18.4 Å². The third kappa shape index (κ3) is 9.50. The number of fused-ring (bicyclic) bond motifs is 1. The number of ether oxygens (including phenoxy) is 1. The van der Waals surface area contributed by atoms with Crippen LogP contribution in [0.25, 0.3) is 0 Å². The van der Waals surface area contributed by atoms with Gasteiger partial charge in [-0.1, -0.05) is 63.1 Å². The second kappa shape index (κ2) is 14.7. The zero-order valence-electron chi connectivity index (χ0n) is 23.0. The van der Waals surface area contributed by atoms with Gasteiger partial charge in [-0.15, -0.1) is 0 Å². The standard InChI is InChI=1S/C31H39F5O5/c32-30(33,31(34,35)36)18-8-7-10-22(29(39)40)9-5-3-1-2-4-6-11-25-26-17-16-24(38)19-28(26)41-20-27(25)21-12-14-23(37)15-13-21/h12-17,19,22,25,27,37-38H,1-11,18,20H2,(H,39,40). The number of carboxylic acids is 1. The Labute approximate surface area is 237 Å². The lowest BCUT2D eigenvalue weighted by Gasteiger charge is -2.34. The number of benzene rings is 2. The second-order valence-electron chi connectivity index (χ2n) is 11.0. The van der Waals surface area contributed by atoms with Crippen LogP contribution in [0.2, 0.25) is 0 Å². The molecular formula is C31H39F5O5. The monoisotopic (exact) mass is 586 g/mol. The average molecular weight is 587 g/mol. The first-order chi connectivity index (χ1) is 19.4. The van der Waals surface area contributed by atoms with Gasteiger partial charge in [0.25, 0.3) is 0 Å². The molecule has 228 valence electrons. The molecule has 0 amide bonds. The summed E-state index contributed by atoms with van der Waals surface area (Å²) < 4.78 is 68.8. The molecule has 3 unspecified atom stereocenters. The quantitative estimate of drug-likeness (QED) is 0.135. The van der Waals surface area contributed by atoms with Crippen molar-refractivity contribution in [2.75, 3.05) is 6.61 Å². The molecular weight excluding hydrogens is 547 g/mol. The molecule has 0 aromatic heterocycles. The van der Waals surface area contributed by atoms with Crippen LogP contribution in [-0.2, 0) is 4.79 Å². The molecule has 0 spiro atoms. The number of unbranched alkanes of at least 4 members (excludes halogenated alkanes) is 6. The second-order valence-corrected chi connectivity index (χ2v) is 11.0. The molecule has 0 radical (unpaired) electrons. The predicted molar refractivity (Wildman–Crippen MR) is 145 cm³/mol. The fourth-order valence-corrected chi connectivity index (χ4v) is 5.61. The third-order valence-corrected chi connectivity index (χ3v) is 8.00. The molecule has 1 aliphatic heterocycles. The van der Waals surface area contributed by atoms with E-state index >= 15 is 0 Å². The molecule has 1 heterocycles. The minimum absolute atomic E-state index is 0.0166. The molecule has 3 atom stereocenters. The van der Waals surface area contributed by atoms with Gasteiger partial charge in [-0.2, -0.15) is 22.0 Å². The number of carbonyl (C=O) groups is 1. The maximum absolute atomic E-state index is 13.0. The summed E-state index contributed by atoms with van der Waals surface area (Å²) in [7, 11) is 0. The van der Waals surface area contributed by atoms with E-state index in [2.05, 4.69) is 0 Å². The van der Waals surface area contributed by atoms with Crippen molar-refractivity contribution in [1.29, 1.82) is 0 Å².